The lowest BCUT2D eigenvalue weighted by atomic mass is 9.88. The van der Waals surface area contributed by atoms with Crippen LogP contribution in [0.1, 0.15) is 30.1 Å². The van der Waals surface area contributed by atoms with Gasteiger partial charge in [-0.3, -0.25) is 5.10 Å². The van der Waals surface area contributed by atoms with Crippen molar-refractivity contribution in [3.05, 3.63) is 27.9 Å². The third kappa shape index (κ3) is 1.40. The summed E-state index contributed by atoms with van der Waals surface area (Å²) in [6.45, 7) is 0. The summed E-state index contributed by atoms with van der Waals surface area (Å²) in [5, 5.41) is 8.25. The number of nitrogens with one attached hydrogen (secondary N) is 1. The fraction of sp³-hybridized carbons (Fsp3) is 0.417. The Hall–Kier alpha value is -0.870. The predicted octanol–water partition coefficient (Wildman–Crippen LogP) is 3.35. The quantitative estimate of drug-likeness (QED) is 0.870. The molecule has 3 rings (SSSR count). The van der Waals surface area contributed by atoms with Crippen LogP contribution in [0.25, 0.3) is 10.9 Å². The van der Waals surface area contributed by atoms with Gasteiger partial charge in [-0.05, 0) is 52.4 Å². The highest BCUT2D eigenvalue weighted by molar-refractivity contribution is 9.10. The number of H-pyrrole nitrogens is 1. The molecule has 1 aromatic carbocycles. The number of ether oxygens (including phenoxy) is 1. The first-order valence-corrected chi connectivity index (χ1v) is 6.27. The number of aromatic amines is 1. The monoisotopic (exact) mass is 280 g/mol. The average molecular weight is 281 g/mol. The second kappa shape index (κ2) is 3.86. The average Bonchev–Trinajstić information content (AvgIpc) is 2.76. The van der Waals surface area contributed by atoms with E-state index in [1.807, 2.05) is 6.20 Å². The molecule has 0 saturated heterocycles. The zero-order valence-electron chi connectivity index (χ0n) is 9.09. The van der Waals surface area contributed by atoms with E-state index in [0.717, 1.165) is 28.2 Å². The van der Waals surface area contributed by atoms with Crippen molar-refractivity contribution in [2.24, 2.45) is 0 Å². The molecule has 1 N–H and O–H groups in total. The SMILES string of the molecule is CO[C@H]1CCCc2cc3[nH]ncc3c(Br)c21. The normalized spacial score (nSPS) is 20.0. The second-order valence-electron chi connectivity index (χ2n) is 4.21. The summed E-state index contributed by atoms with van der Waals surface area (Å²) in [4.78, 5) is 0. The molecule has 1 atom stereocenters. The fourth-order valence-corrected chi connectivity index (χ4v) is 3.36. The van der Waals surface area contributed by atoms with Crippen LogP contribution in [0, 0.1) is 0 Å². The van der Waals surface area contributed by atoms with Gasteiger partial charge in [0.25, 0.3) is 0 Å². The van der Waals surface area contributed by atoms with Crippen molar-refractivity contribution in [2.45, 2.75) is 25.4 Å². The molecule has 0 bridgehead atoms. The van der Waals surface area contributed by atoms with Gasteiger partial charge in [-0.25, -0.2) is 0 Å². The van der Waals surface area contributed by atoms with E-state index in [2.05, 4.69) is 32.2 Å². The first-order valence-electron chi connectivity index (χ1n) is 5.48. The Kier molecular flexibility index (Phi) is 2.48. The molecule has 0 amide bonds. The molecule has 16 heavy (non-hydrogen) atoms. The van der Waals surface area contributed by atoms with Crippen molar-refractivity contribution in [1.29, 1.82) is 0 Å². The standard InChI is InChI=1S/C12H13BrN2O/c1-16-10-4-2-3-7-5-9-8(6-14-15-9)12(13)11(7)10/h5-6,10H,2-4H2,1H3,(H,14,15)/t10-/m0/s1. The number of aryl methyl sites for hydroxylation is 1. The zero-order valence-corrected chi connectivity index (χ0v) is 10.7. The van der Waals surface area contributed by atoms with E-state index in [1.54, 1.807) is 7.11 Å². The molecule has 0 radical (unpaired) electrons. The van der Waals surface area contributed by atoms with Gasteiger partial charge in [0.05, 0.1) is 17.8 Å². The lowest BCUT2D eigenvalue weighted by Crippen LogP contribution is -2.12. The number of methoxy groups -OCH3 is 1. The van der Waals surface area contributed by atoms with E-state index >= 15 is 0 Å². The largest absolute Gasteiger partial charge is 0.377 e. The van der Waals surface area contributed by atoms with Gasteiger partial charge in [-0.1, -0.05) is 0 Å². The smallest absolute Gasteiger partial charge is 0.0835 e. The minimum Gasteiger partial charge on any atom is -0.377 e. The van der Waals surface area contributed by atoms with E-state index in [0.29, 0.717) is 0 Å². The Morgan fingerprint density at radius 1 is 1.56 bits per heavy atom. The molecule has 4 heteroatoms. The molecule has 0 spiro atoms. The van der Waals surface area contributed by atoms with E-state index < -0.39 is 0 Å². The van der Waals surface area contributed by atoms with Crippen LogP contribution >= 0.6 is 15.9 Å². The van der Waals surface area contributed by atoms with Gasteiger partial charge in [0.15, 0.2) is 0 Å². The number of rotatable bonds is 1. The number of hydrogen-bond donors (Lipinski definition) is 1. The molecule has 0 unspecified atom stereocenters. The van der Waals surface area contributed by atoms with Crippen LogP contribution in [-0.2, 0) is 11.2 Å². The van der Waals surface area contributed by atoms with Crippen molar-refractivity contribution >= 4 is 26.8 Å². The lowest BCUT2D eigenvalue weighted by Gasteiger charge is -2.25. The molecule has 1 aromatic heterocycles. The molecular weight excluding hydrogens is 268 g/mol. The van der Waals surface area contributed by atoms with Gasteiger partial charge in [0.1, 0.15) is 0 Å². The van der Waals surface area contributed by atoms with Gasteiger partial charge < -0.3 is 4.74 Å². The maximum atomic E-state index is 5.56. The summed E-state index contributed by atoms with van der Waals surface area (Å²) in [5.74, 6) is 0. The Balaban J connectivity index is 2.29. The Morgan fingerprint density at radius 2 is 2.44 bits per heavy atom. The highest BCUT2D eigenvalue weighted by Crippen LogP contribution is 2.40. The Labute approximate surface area is 102 Å². The van der Waals surface area contributed by atoms with Crippen molar-refractivity contribution in [2.75, 3.05) is 7.11 Å². The number of benzene rings is 1. The summed E-state index contributed by atoms with van der Waals surface area (Å²) in [6.07, 6.45) is 5.50. The summed E-state index contributed by atoms with van der Waals surface area (Å²) < 4.78 is 6.70. The molecular formula is C12H13BrN2O. The molecule has 84 valence electrons. The molecule has 2 aromatic rings. The van der Waals surface area contributed by atoms with E-state index in [4.69, 9.17) is 4.74 Å². The van der Waals surface area contributed by atoms with Crippen LogP contribution < -0.4 is 0 Å². The topological polar surface area (TPSA) is 37.9 Å². The molecule has 1 aliphatic carbocycles. The third-order valence-electron chi connectivity index (χ3n) is 3.33. The van der Waals surface area contributed by atoms with E-state index in [-0.39, 0.29) is 6.10 Å². The first kappa shape index (κ1) is 10.3. The predicted molar refractivity (Wildman–Crippen MR) is 66.5 cm³/mol. The van der Waals surface area contributed by atoms with Crippen LogP contribution in [-0.4, -0.2) is 17.3 Å². The van der Waals surface area contributed by atoms with Crippen LogP contribution in [0.3, 0.4) is 0 Å². The van der Waals surface area contributed by atoms with Gasteiger partial charge >= 0.3 is 0 Å². The molecule has 1 aliphatic rings. The number of halogens is 1. The van der Waals surface area contributed by atoms with Gasteiger partial charge in [-0.2, -0.15) is 5.10 Å². The van der Waals surface area contributed by atoms with Gasteiger partial charge in [0.2, 0.25) is 0 Å². The van der Waals surface area contributed by atoms with E-state index in [1.165, 1.54) is 17.5 Å². The highest BCUT2D eigenvalue weighted by atomic mass is 79.9. The second-order valence-corrected chi connectivity index (χ2v) is 5.00. The van der Waals surface area contributed by atoms with Gasteiger partial charge in [0, 0.05) is 17.0 Å². The van der Waals surface area contributed by atoms with Crippen LogP contribution in [0.2, 0.25) is 0 Å². The van der Waals surface area contributed by atoms with Crippen molar-refractivity contribution in [3.8, 4) is 0 Å². The summed E-state index contributed by atoms with van der Waals surface area (Å²) in [5.41, 5.74) is 3.78. The maximum Gasteiger partial charge on any atom is 0.0835 e. The minimum absolute atomic E-state index is 0.220. The molecule has 0 saturated carbocycles. The number of aromatic nitrogens is 2. The van der Waals surface area contributed by atoms with E-state index in [9.17, 15) is 0 Å². The first-order chi connectivity index (χ1) is 7.81. The molecule has 3 nitrogen and oxygen atoms in total. The fourth-order valence-electron chi connectivity index (χ4n) is 2.53. The molecule has 0 aliphatic heterocycles. The van der Waals surface area contributed by atoms with Crippen molar-refractivity contribution in [3.63, 3.8) is 0 Å². The third-order valence-corrected chi connectivity index (χ3v) is 4.18. The minimum atomic E-state index is 0.220. The number of hydrogen-bond acceptors (Lipinski definition) is 2. The maximum absolute atomic E-state index is 5.56. The lowest BCUT2D eigenvalue weighted by molar-refractivity contribution is 0.0876. The van der Waals surface area contributed by atoms with Gasteiger partial charge in [-0.15, -0.1) is 0 Å². The van der Waals surface area contributed by atoms with Crippen LogP contribution in [0.15, 0.2) is 16.7 Å². The van der Waals surface area contributed by atoms with Crippen LogP contribution in [0.5, 0.6) is 0 Å². The van der Waals surface area contributed by atoms with Crippen LogP contribution in [0.4, 0.5) is 0 Å². The number of fused-ring (bicyclic) bond motifs is 2. The Bertz CT molecular complexity index is 535. The molecule has 0 fully saturated rings. The molecule has 1 heterocycles. The van der Waals surface area contributed by atoms with Crippen molar-refractivity contribution < 1.29 is 4.74 Å². The van der Waals surface area contributed by atoms with Crippen molar-refractivity contribution in [1.82, 2.24) is 10.2 Å². The summed E-state index contributed by atoms with van der Waals surface area (Å²) in [6, 6.07) is 2.20. The Morgan fingerprint density at radius 3 is 3.25 bits per heavy atom. The zero-order chi connectivity index (χ0) is 11.1. The summed E-state index contributed by atoms with van der Waals surface area (Å²) >= 11 is 3.69. The summed E-state index contributed by atoms with van der Waals surface area (Å²) in [7, 11) is 1.78. The highest BCUT2D eigenvalue weighted by Gasteiger charge is 2.24. The number of nitrogens with zero attached hydrogens (tertiary/aromatic N) is 1.